The van der Waals surface area contributed by atoms with Crippen LogP contribution in [0.2, 0.25) is 0 Å². The van der Waals surface area contributed by atoms with E-state index in [1.165, 1.54) is 4.90 Å². The van der Waals surface area contributed by atoms with Crippen LogP contribution in [-0.4, -0.2) is 69.0 Å². The smallest absolute Gasteiger partial charge is 0.403 e. The number of carbonyl (C=O) groups is 1. The Morgan fingerprint density at radius 3 is 2.42 bits per heavy atom. The molecule has 9 heteroatoms. The number of aryl methyl sites for hydroxylation is 1. The molecular weight excluding hydrogens is 471 g/mol. The number of anilines is 2. The molecule has 2 aromatic rings. The van der Waals surface area contributed by atoms with Gasteiger partial charge in [0.1, 0.15) is 18.6 Å². The number of amides is 1. The Morgan fingerprint density at radius 2 is 1.67 bits per heavy atom. The summed E-state index contributed by atoms with van der Waals surface area (Å²) in [4.78, 5) is 19.5. The normalized spacial score (nSPS) is 23.2. The van der Waals surface area contributed by atoms with Gasteiger partial charge in [-0.2, -0.15) is 13.2 Å². The fourth-order valence-electron chi connectivity index (χ4n) is 5.80. The van der Waals surface area contributed by atoms with Gasteiger partial charge in [-0.3, -0.25) is 9.69 Å². The molecule has 0 N–H and O–H groups in total. The number of hydrogen-bond acceptors (Lipinski definition) is 5. The molecule has 192 valence electrons. The Bertz CT molecular complexity index is 1140. The van der Waals surface area contributed by atoms with E-state index in [4.69, 9.17) is 9.47 Å². The van der Waals surface area contributed by atoms with E-state index in [0.29, 0.717) is 31.9 Å². The maximum Gasteiger partial charge on any atom is 0.403 e. The lowest BCUT2D eigenvalue weighted by Crippen LogP contribution is -2.56. The maximum atomic E-state index is 13.9. The number of alkyl halides is 3. The number of rotatable bonds is 4. The minimum absolute atomic E-state index is 0.118. The lowest BCUT2D eigenvalue weighted by molar-refractivity contribution is -0.191. The first-order chi connectivity index (χ1) is 17.4. The van der Waals surface area contributed by atoms with Gasteiger partial charge in [-0.1, -0.05) is 24.3 Å². The summed E-state index contributed by atoms with van der Waals surface area (Å²) in [6.45, 7) is 4.68. The molecule has 1 unspecified atom stereocenters. The summed E-state index contributed by atoms with van der Waals surface area (Å²) in [5.74, 6) is 0.758. The molecule has 1 saturated heterocycles. The first kappa shape index (κ1) is 23.5. The van der Waals surface area contributed by atoms with Gasteiger partial charge in [-0.05, 0) is 49.4 Å². The molecule has 0 radical (unpaired) electrons. The Balaban J connectivity index is 1.18. The van der Waals surface area contributed by atoms with E-state index in [-0.39, 0.29) is 18.9 Å². The molecule has 0 bridgehead atoms. The number of ether oxygens (including phenoxy) is 2. The second-order valence-corrected chi connectivity index (χ2v) is 10.2. The van der Waals surface area contributed by atoms with Gasteiger partial charge in [0.25, 0.3) is 0 Å². The predicted molar refractivity (Wildman–Crippen MR) is 130 cm³/mol. The van der Waals surface area contributed by atoms with Gasteiger partial charge >= 0.3 is 6.18 Å². The van der Waals surface area contributed by atoms with Crippen molar-refractivity contribution < 1.29 is 27.4 Å². The third-order valence-corrected chi connectivity index (χ3v) is 8.01. The van der Waals surface area contributed by atoms with Crippen LogP contribution >= 0.6 is 0 Å². The number of hydrogen-bond donors (Lipinski definition) is 0. The van der Waals surface area contributed by atoms with Crippen LogP contribution in [0.4, 0.5) is 24.5 Å². The zero-order chi connectivity index (χ0) is 24.9. The van der Waals surface area contributed by atoms with Crippen molar-refractivity contribution in [3.05, 3.63) is 48.0 Å². The summed E-state index contributed by atoms with van der Waals surface area (Å²) in [6.07, 6.45) is -3.34. The number of halogens is 3. The third-order valence-electron chi connectivity index (χ3n) is 8.01. The van der Waals surface area contributed by atoms with Crippen LogP contribution in [0.3, 0.4) is 0 Å². The van der Waals surface area contributed by atoms with E-state index >= 15 is 0 Å². The quantitative estimate of drug-likeness (QED) is 0.626. The predicted octanol–water partition coefficient (Wildman–Crippen LogP) is 4.27. The Hall–Kier alpha value is -2.94. The van der Waals surface area contributed by atoms with Gasteiger partial charge in [0.05, 0.1) is 5.69 Å². The van der Waals surface area contributed by atoms with Gasteiger partial charge in [-0.25, -0.2) is 0 Å². The zero-order valence-corrected chi connectivity index (χ0v) is 20.1. The molecule has 6 rings (SSSR count). The number of para-hydroxylation sites is 2. The number of piperazine rings is 1. The van der Waals surface area contributed by atoms with Crippen LogP contribution in [0, 0.1) is 5.41 Å². The fourth-order valence-corrected chi connectivity index (χ4v) is 5.80. The minimum atomic E-state index is -4.52. The highest BCUT2D eigenvalue weighted by atomic mass is 19.4. The van der Waals surface area contributed by atoms with Crippen molar-refractivity contribution >= 4 is 17.3 Å². The molecule has 3 aliphatic heterocycles. The van der Waals surface area contributed by atoms with E-state index < -0.39 is 17.5 Å². The Kier molecular flexibility index (Phi) is 5.78. The summed E-state index contributed by atoms with van der Waals surface area (Å²) in [5.41, 5.74) is 0.376. The van der Waals surface area contributed by atoms with Gasteiger partial charge in [0, 0.05) is 44.5 Å². The van der Waals surface area contributed by atoms with Crippen molar-refractivity contribution in [3.8, 4) is 11.5 Å². The number of carbonyl (C=O) groups excluding carboxylic acids is 1. The largest absolute Gasteiger partial charge is 0.486 e. The van der Waals surface area contributed by atoms with Crippen molar-refractivity contribution in [2.45, 2.75) is 37.9 Å². The minimum Gasteiger partial charge on any atom is -0.486 e. The molecule has 1 amide bonds. The molecule has 36 heavy (non-hydrogen) atoms. The lowest BCUT2D eigenvalue weighted by atomic mass is 9.92. The summed E-state index contributed by atoms with van der Waals surface area (Å²) >= 11 is 0. The molecule has 0 spiro atoms. The van der Waals surface area contributed by atoms with Crippen LogP contribution in [0.5, 0.6) is 11.5 Å². The van der Waals surface area contributed by atoms with Crippen LogP contribution in [0.1, 0.15) is 24.8 Å². The third kappa shape index (κ3) is 3.97. The maximum absolute atomic E-state index is 13.9. The van der Waals surface area contributed by atoms with Crippen molar-refractivity contribution in [3.63, 3.8) is 0 Å². The molecule has 6 nitrogen and oxygen atoms in total. The Labute approximate surface area is 208 Å². The van der Waals surface area contributed by atoms with E-state index in [1.807, 2.05) is 30.3 Å². The molecule has 0 aromatic heterocycles. The van der Waals surface area contributed by atoms with Crippen LogP contribution < -0.4 is 19.3 Å². The first-order valence-corrected chi connectivity index (χ1v) is 12.7. The van der Waals surface area contributed by atoms with Crippen molar-refractivity contribution in [2.75, 3.05) is 55.7 Å². The monoisotopic (exact) mass is 501 g/mol. The van der Waals surface area contributed by atoms with Gasteiger partial charge in [-0.15, -0.1) is 0 Å². The molecule has 4 aliphatic rings. The molecular formula is C27H30F3N3O3. The number of benzene rings is 2. The summed E-state index contributed by atoms with van der Waals surface area (Å²) in [7, 11) is 0. The first-order valence-electron chi connectivity index (χ1n) is 12.7. The van der Waals surface area contributed by atoms with Gasteiger partial charge < -0.3 is 19.3 Å². The fraction of sp³-hybridized carbons (Fsp3) is 0.519. The van der Waals surface area contributed by atoms with E-state index in [2.05, 4.69) is 9.80 Å². The van der Waals surface area contributed by atoms with E-state index in [0.717, 1.165) is 55.3 Å². The summed E-state index contributed by atoms with van der Waals surface area (Å²) in [5, 5.41) is 0. The van der Waals surface area contributed by atoms with Crippen molar-refractivity contribution in [2.24, 2.45) is 5.41 Å². The average Bonchev–Trinajstić information content (AvgIpc) is 3.71. The molecule has 2 aromatic carbocycles. The second kappa shape index (κ2) is 8.87. The Morgan fingerprint density at radius 1 is 0.944 bits per heavy atom. The standard InChI is InChI=1S/C27H30F3N3O3/c28-27(29,30)26(10-11-26)25(34)33-20(9-8-19-4-1-2-5-21(19)33)18-31-12-14-32(15-13-31)22-6-3-7-23-24(22)36-17-16-35-23/h1-7,20H,8-18H2. The van der Waals surface area contributed by atoms with E-state index in [9.17, 15) is 18.0 Å². The highest BCUT2D eigenvalue weighted by Gasteiger charge is 2.70. The van der Waals surface area contributed by atoms with Crippen LogP contribution in [0.15, 0.2) is 42.5 Å². The number of fused-ring (bicyclic) bond motifs is 2. The summed E-state index contributed by atoms with van der Waals surface area (Å²) in [6, 6.07) is 13.0. The van der Waals surface area contributed by atoms with Gasteiger partial charge in [0.2, 0.25) is 5.91 Å². The van der Waals surface area contributed by atoms with Gasteiger partial charge in [0.15, 0.2) is 11.5 Å². The molecule has 1 saturated carbocycles. The van der Waals surface area contributed by atoms with Crippen LogP contribution in [0.25, 0.3) is 0 Å². The number of nitrogens with zero attached hydrogens (tertiary/aromatic N) is 3. The second-order valence-electron chi connectivity index (χ2n) is 10.2. The topological polar surface area (TPSA) is 45.3 Å². The van der Waals surface area contributed by atoms with E-state index in [1.54, 1.807) is 12.1 Å². The lowest BCUT2D eigenvalue weighted by Gasteiger charge is -2.44. The summed E-state index contributed by atoms with van der Waals surface area (Å²) < 4.78 is 53.3. The molecule has 1 atom stereocenters. The van der Waals surface area contributed by atoms with Crippen molar-refractivity contribution in [1.29, 1.82) is 0 Å². The average molecular weight is 502 g/mol. The molecule has 1 aliphatic carbocycles. The highest BCUT2D eigenvalue weighted by Crippen LogP contribution is 2.59. The zero-order valence-electron chi connectivity index (χ0n) is 20.1. The van der Waals surface area contributed by atoms with Crippen molar-refractivity contribution in [1.82, 2.24) is 4.90 Å². The van der Waals surface area contributed by atoms with Crippen LogP contribution in [-0.2, 0) is 11.2 Å². The molecule has 2 fully saturated rings. The SMILES string of the molecule is O=C(N1c2ccccc2CCC1CN1CCN(c2cccc3c2OCCO3)CC1)C1(C(F)(F)F)CC1. The highest BCUT2D eigenvalue weighted by molar-refractivity contribution is 6.01. The molecule has 3 heterocycles.